The van der Waals surface area contributed by atoms with Gasteiger partial charge in [0.25, 0.3) is 0 Å². The SMILES string of the molecule is O=C(O)CN1CCN(C(=O)NCC(F)(F)C(F)F)CC1. The standard InChI is InChI=1S/C10H15F4N3O3/c11-8(12)10(13,14)6-15-9(20)17-3-1-16(2-4-17)5-7(18)19/h8H,1-6H2,(H,15,20)(H,18,19). The molecule has 0 aromatic rings. The Kier molecular flexibility index (Phi) is 5.54. The molecule has 2 N–H and O–H groups in total. The van der Waals surface area contributed by atoms with Crippen LogP contribution in [0.5, 0.6) is 0 Å². The van der Waals surface area contributed by atoms with Gasteiger partial charge in [0, 0.05) is 26.2 Å². The minimum atomic E-state index is -4.26. The number of carboxylic acids is 1. The van der Waals surface area contributed by atoms with E-state index in [2.05, 4.69) is 0 Å². The number of nitrogens with zero attached hydrogens (tertiary/aromatic N) is 2. The minimum absolute atomic E-state index is 0.152. The number of halogens is 4. The Hall–Kier alpha value is -1.58. The first kappa shape index (κ1) is 16.5. The van der Waals surface area contributed by atoms with E-state index in [9.17, 15) is 27.2 Å². The number of rotatable bonds is 5. The van der Waals surface area contributed by atoms with E-state index in [0.717, 1.165) is 0 Å². The number of alkyl halides is 4. The summed E-state index contributed by atoms with van der Waals surface area (Å²) in [5.41, 5.74) is 0. The van der Waals surface area contributed by atoms with Crippen LogP contribution in [0.4, 0.5) is 22.4 Å². The molecule has 0 atom stereocenters. The van der Waals surface area contributed by atoms with Gasteiger partial charge >= 0.3 is 24.3 Å². The van der Waals surface area contributed by atoms with Crippen molar-refractivity contribution in [2.45, 2.75) is 12.3 Å². The average Bonchev–Trinajstić information content (AvgIpc) is 2.36. The zero-order valence-corrected chi connectivity index (χ0v) is 10.5. The Morgan fingerprint density at radius 1 is 1.20 bits per heavy atom. The third-order valence-electron chi connectivity index (χ3n) is 2.81. The zero-order chi connectivity index (χ0) is 15.3. The molecule has 10 heteroatoms. The van der Waals surface area contributed by atoms with E-state index in [1.807, 2.05) is 0 Å². The van der Waals surface area contributed by atoms with Crippen LogP contribution < -0.4 is 5.32 Å². The summed E-state index contributed by atoms with van der Waals surface area (Å²) in [7, 11) is 0. The second kappa shape index (κ2) is 6.73. The van der Waals surface area contributed by atoms with Crippen LogP contribution in [0.15, 0.2) is 0 Å². The smallest absolute Gasteiger partial charge is 0.324 e. The highest BCUT2D eigenvalue weighted by Crippen LogP contribution is 2.21. The lowest BCUT2D eigenvalue weighted by Crippen LogP contribution is -2.54. The Morgan fingerprint density at radius 2 is 1.75 bits per heavy atom. The summed E-state index contributed by atoms with van der Waals surface area (Å²) in [5.74, 6) is -5.26. The summed E-state index contributed by atoms with van der Waals surface area (Å²) in [6.07, 6.45) is -3.84. The summed E-state index contributed by atoms with van der Waals surface area (Å²) in [5, 5.41) is 10.3. The second-order valence-electron chi connectivity index (χ2n) is 4.38. The first-order chi connectivity index (χ1) is 9.22. The highest BCUT2D eigenvalue weighted by molar-refractivity contribution is 5.74. The molecule has 0 spiro atoms. The number of piperazine rings is 1. The van der Waals surface area contributed by atoms with Crippen molar-refractivity contribution < 1.29 is 32.3 Å². The van der Waals surface area contributed by atoms with Crippen molar-refractivity contribution in [3.05, 3.63) is 0 Å². The van der Waals surface area contributed by atoms with E-state index in [0.29, 0.717) is 0 Å². The lowest BCUT2D eigenvalue weighted by atomic mass is 10.3. The van der Waals surface area contributed by atoms with E-state index in [-0.39, 0.29) is 32.7 Å². The maximum Gasteiger partial charge on any atom is 0.324 e. The fourth-order valence-corrected chi connectivity index (χ4v) is 1.68. The normalized spacial score (nSPS) is 17.4. The van der Waals surface area contributed by atoms with Gasteiger partial charge in [-0.25, -0.2) is 13.6 Å². The van der Waals surface area contributed by atoms with Crippen LogP contribution >= 0.6 is 0 Å². The summed E-state index contributed by atoms with van der Waals surface area (Å²) < 4.78 is 49.0. The van der Waals surface area contributed by atoms with E-state index in [1.165, 1.54) is 4.90 Å². The van der Waals surface area contributed by atoms with Crippen molar-refractivity contribution in [1.29, 1.82) is 0 Å². The highest BCUT2D eigenvalue weighted by Gasteiger charge is 2.41. The number of aliphatic carboxylic acids is 1. The molecule has 20 heavy (non-hydrogen) atoms. The molecule has 0 aromatic heterocycles. The fraction of sp³-hybridized carbons (Fsp3) is 0.800. The Balaban J connectivity index is 2.34. The van der Waals surface area contributed by atoms with Gasteiger partial charge < -0.3 is 15.3 Å². The van der Waals surface area contributed by atoms with Gasteiger partial charge in [0.15, 0.2) is 0 Å². The van der Waals surface area contributed by atoms with E-state index in [4.69, 9.17) is 5.11 Å². The fourth-order valence-electron chi connectivity index (χ4n) is 1.68. The van der Waals surface area contributed by atoms with Gasteiger partial charge in [-0.2, -0.15) is 8.78 Å². The maximum atomic E-state index is 12.6. The molecule has 1 rings (SSSR count). The average molecular weight is 301 g/mol. The number of nitrogens with one attached hydrogen (secondary N) is 1. The van der Waals surface area contributed by atoms with Gasteiger partial charge in [0.1, 0.15) is 0 Å². The first-order valence-electron chi connectivity index (χ1n) is 5.85. The summed E-state index contributed by atoms with van der Waals surface area (Å²) >= 11 is 0. The molecule has 1 aliphatic rings. The number of hydrogen-bond acceptors (Lipinski definition) is 3. The van der Waals surface area contributed by atoms with E-state index in [1.54, 1.807) is 10.2 Å². The predicted octanol–water partition coefficient (Wildman–Crippen LogP) is 0.299. The van der Waals surface area contributed by atoms with Crippen LogP contribution in [0.25, 0.3) is 0 Å². The third-order valence-corrected chi connectivity index (χ3v) is 2.81. The Morgan fingerprint density at radius 3 is 2.20 bits per heavy atom. The van der Waals surface area contributed by atoms with Crippen LogP contribution in [0.1, 0.15) is 0 Å². The molecular weight excluding hydrogens is 286 g/mol. The molecule has 1 saturated heterocycles. The third kappa shape index (κ3) is 4.83. The number of carboxylic acid groups (broad SMARTS) is 1. The zero-order valence-electron chi connectivity index (χ0n) is 10.5. The molecule has 0 aromatic carbocycles. The molecule has 2 amide bonds. The van der Waals surface area contributed by atoms with E-state index < -0.39 is 30.9 Å². The quantitative estimate of drug-likeness (QED) is 0.716. The molecule has 6 nitrogen and oxygen atoms in total. The molecule has 116 valence electrons. The summed E-state index contributed by atoms with van der Waals surface area (Å²) in [4.78, 5) is 24.7. The van der Waals surface area contributed by atoms with Crippen molar-refractivity contribution in [2.24, 2.45) is 0 Å². The van der Waals surface area contributed by atoms with Gasteiger partial charge in [-0.05, 0) is 0 Å². The molecular formula is C10H15F4N3O3. The monoisotopic (exact) mass is 301 g/mol. The van der Waals surface area contributed by atoms with Crippen LogP contribution in [0, 0.1) is 0 Å². The molecule has 0 saturated carbocycles. The van der Waals surface area contributed by atoms with Crippen LogP contribution in [0.3, 0.4) is 0 Å². The summed E-state index contributed by atoms with van der Waals surface area (Å²) in [6.45, 7) is -0.730. The number of carbonyl (C=O) groups is 2. The minimum Gasteiger partial charge on any atom is -0.480 e. The van der Waals surface area contributed by atoms with Crippen molar-refractivity contribution in [3.8, 4) is 0 Å². The summed E-state index contributed by atoms with van der Waals surface area (Å²) in [6, 6.07) is -0.861. The Bertz CT molecular complexity index is 360. The van der Waals surface area contributed by atoms with Gasteiger partial charge in [-0.15, -0.1) is 0 Å². The topological polar surface area (TPSA) is 72.9 Å². The van der Waals surface area contributed by atoms with Crippen molar-refractivity contribution >= 4 is 12.0 Å². The van der Waals surface area contributed by atoms with Crippen LogP contribution in [-0.2, 0) is 4.79 Å². The van der Waals surface area contributed by atoms with Crippen molar-refractivity contribution in [3.63, 3.8) is 0 Å². The molecule has 1 heterocycles. The lowest BCUT2D eigenvalue weighted by Gasteiger charge is -2.34. The molecule has 0 unspecified atom stereocenters. The first-order valence-corrected chi connectivity index (χ1v) is 5.85. The van der Waals surface area contributed by atoms with Crippen LogP contribution in [0.2, 0.25) is 0 Å². The molecule has 0 aliphatic carbocycles. The maximum absolute atomic E-state index is 12.6. The number of amides is 2. The van der Waals surface area contributed by atoms with Gasteiger partial charge in [-0.1, -0.05) is 0 Å². The van der Waals surface area contributed by atoms with Gasteiger partial charge in [-0.3, -0.25) is 9.69 Å². The second-order valence-corrected chi connectivity index (χ2v) is 4.38. The van der Waals surface area contributed by atoms with Crippen molar-refractivity contribution in [1.82, 2.24) is 15.1 Å². The Labute approximate surface area is 112 Å². The molecule has 1 fully saturated rings. The van der Waals surface area contributed by atoms with Crippen molar-refractivity contribution in [2.75, 3.05) is 39.3 Å². The lowest BCUT2D eigenvalue weighted by molar-refractivity contribution is -0.138. The molecule has 0 bridgehead atoms. The molecule has 1 aliphatic heterocycles. The largest absolute Gasteiger partial charge is 0.480 e. The van der Waals surface area contributed by atoms with E-state index >= 15 is 0 Å². The van der Waals surface area contributed by atoms with Gasteiger partial charge in [0.05, 0.1) is 13.1 Å². The number of carbonyl (C=O) groups excluding carboxylic acids is 1. The molecule has 0 radical (unpaired) electrons. The number of hydrogen-bond donors (Lipinski definition) is 2. The van der Waals surface area contributed by atoms with Crippen LogP contribution in [-0.4, -0.2) is 78.5 Å². The van der Waals surface area contributed by atoms with Gasteiger partial charge in [0.2, 0.25) is 0 Å². The number of urea groups is 1. The highest BCUT2D eigenvalue weighted by atomic mass is 19.3. The predicted molar refractivity (Wildman–Crippen MR) is 60.0 cm³/mol.